The van der Waals surface area contributed by atoms with Gasteiger partial charge in [-0.25, -0.2) is 0 Å². The first-order valence-corrected chi connectivity index (χ1v) is 8.49. The predicted octanol–water partition coefficient (Wildman–Crippen LogP) is 4.61. The van der Waals surface area contributed by atoms with Crippen molar-refractivity contribution in [1.82, 2.24) is 4.90 Å². The number of hydrogen-bond donors (Lipinski definition) is 0. The van der Waals surface area contributed by atoms with E-state index < -0.39 is 10.5 Å². The normalized spacial score (nSPS) is 26.6. The van der Waals surface area contributed by atoms with Crippen molar-refractivity contribution >= 4 is 22.2 Å². The van der Waals surface area contributed by atoms with Gasteiger partial charge in [-0.2, -0.15) is 13.2 Å². The second-order valence-corrected chi connectivity index (χ2v) is 7.48. The summed E-state index contributed by atoms with van der Waals surface area (Å²) in [5.74, 6) is 0.576. The van der Waals surface area contributed by atoms with Gasteiger partial charge in [0.15, 0.2) is 6.29 Å². The molecule has 2 aliphatic carbocycles. The van der Waals surface area contributed by atoms with E-state index in [1.165, 1.54) is 12.8 Å². The average Bonchev–Trinajstić information content (AvgIpc) is 2.97. The fraction of sp³-hybridized carbons (Fsp3) is 0.688. The van der Waals surface area contributed by atoms with Crippen molar-refractivity contribution in [2.24, 2.45) is 5.92 Å². The van der Waals surface area contributed by atoms with Crippen LogP contribution in [0.2, 0.25) is 0 Å². The van der Waals surface area contributed by atoms with Crippen LogP contribution in [-0.2, 0) is 4.79 Å². The van der Waals surface area contributed by atoms with Crippen molar-refractivity contribution in [3.05, 3.63) is 23.4 Å². The molecule has 1 saturated carbocycles. The van der Waals surface area contributed by atoms with Crippen molar-refractivity contribution in [1.29, 1.82) is 0 Å². The van der Waals surface area contributed by atoms with Gasteiger partial charge in [-0.15, -0.1) is 0 Å². The molecule has 1 unspecified atom stereocenters. The zero-order valence-corrected chi connectivity index (χ0v) is 14.2. The Hall–Kier alpha value is -0.780. The third kappa shape index (κ3) is 3.58. The molecule has 124 valence electrons. The minimum atomic E-state index is -4.42. The van der Waals surface area contributed by atoms with Crippen LogP contribution in [-0.4, -0.2) is 34.8 Å². The number of aldehydes is 1. The topological polar surface area (TPSA) is 20.3 Å². The molecule has 2 aliphatic rings. The molecule has 22 heavy (non-hydrogen) atoms. The summed E-state index contributed by atoms with van der Waals surface area (Å²) >= 11 is 2.76. The fourth-order valence-electron chi connectivity index (χ4n) is 3.25. The highest BCUT2D eigenvalue weighted by Crippen LogP contribution is 2.46. The Morgan fingerprint density at radius 2 is 2.05 bits per heavy atom. The smallest absolute Gasteiger partial charge is 0.371 e. The summed E-state index contributed by atoms with van der Waals surface area (Å²) in [5.41, 5.74) is 0.768. The molecule has 0 bridgehead atoms. The fourth-order valence-corrected chi connectivity index (χ4v) is 3.66. The lowest BCUT2D eigenvalue weighted by Gasteiger charge is -2.35. The summed E-state index contributed by atoms with van der Waals surface area (Å²) in [6, 6.07) is 0. The molecule has 0 amide bonds. The van der Waals surface area contributed by atoms with Gasteiger partial charge < -0.3 is 4.90 Å². The second kappa shape index (κ2) is 6.77. The number of likely N-dealkylation sites (N-methyl/N-ethyl adjacent to an activating group) is 1. The van der Waals surface area contributed by atoms with Crippen LogP contribution in [0.25, 0.3) is 0 Å². The van der Waals surface area contributed by atoms with Crippen LogP contribution < -0.4 is 0 Å². The van der Waals surface area contributed by atoms with Crippen LogP contribution in [0.1, 0.15) is 39.0 Å². The van der Waals surface area contributed by atoms with E-state index >= 15 is 0 Å². The Balaban J connectivity index is 2.20. The lowest BCUT2D eigenvalue weighted by atomic mass is 9.92. The SMILES string of the molecule is CCN(CC1CCCC1)C1=CCC(Br)(C(F)(F)F)C=C1C=O. The van der Waals surface area contributed by atoms with Crippen LogP contribution in [0.15, 0.2) is 23.4 Å². The van der Waals surface area contributed by atoms with E-state index in [0.29, 0.717) is 24.4 Å². The molecule has 0 aromatic rings. The predicted molar refractivity (Wildman–Crippen MR) is 83.8 cm³/mol. The van der Waals surface area contributed by atoms with Gasteiger partial charge in [-0.3, -0.25) is 4.79 Å². The first-order valence-electron chi connectivity index (χ1n) is 7.70. The zero-order valence-electron chi connectivity index (χ0n) is 12.6. The molecule has 0 spiro atoms. The van der Waals surface area contributed by atoms with Gasteiger partial charge in [0.25, 0.3) is 0 Å². The van der Waals surface area contributed by atoms with Gasteiger partial charge in [-0.05, 0) is 38.2 Å². The number of rotatable bonds is 5. The molecular formula is C16H21BrF3NO. The highest BCUT2D eigenvalue weighted by Gasteiger charge is 2.52. The van der Waals surface area contributed by atoms with Gasteiger partial charge in [0, 0.05) is 24.4 Å². The largest absolute Gasteiger partial charge is 0.407 e. The molecule has 0 aliphatic heterocycles. The molecule has 2 rings (SSSR count). The maximum Gasteiger partial charge on any atom is 0.407 e. The number of allylic oxidation sites excluding steroid dienone is 3. The zero-order chi connectivity index (χ0) is 16.4. The van der Waals surface area contributed by atoms with Gasteiger partial charge >= 0.3 is 6.18 Å². The first kappa shape index (κ1) is 17.6. The molecule has 0 N–H and O–H groups in total. The van der Waals surface area contributed by atoms with Gasteiger partial charge in [0.1, 0.15) is 4.32 Å². The maximum atomic E-state index is 13.1. The van der Waals surface area contributed by atoms with E-state index in [1.807, 2.05) is 11.8 Å². The van der Waals surface area contributed by atoms with Crippen molar-refractivity contribution in [2.45, 2.75) is 49.5 Å². The molecule has 0 aromatic heterocycles. The lowest BCUT2D eigenvalue weighted by molar-refractivity contribution is -0.145. The lowest BCUT2D eigenvalue weighted by Crippen LogP contribution is -2.40. The van der Waals surface area contributed by atoms with Crippen molar-refractivity contribution in [2.75, 3.05) is 13.1 Å². The minimum Gasteiger partial charge on any atom is -0.371 e. The van der Waals surface area contributed by atoms with E-state index in [0.717, 1.165) is 25.5 Å². The van der Waals surface area contributed by atoms with Crippen molar-refractivity contribution < 1.29 is 18.0 Å². The van der Waals surface area contributed by atoms with Crippen LogP contribution in [0, 0.1) is 5.92 Å². The van der Waals surface area contributed by atoms with Gasteiger partial charge in [-0.1, -0.05) is 34.8 Å². The van der Waals surface area contributed by atoms with Crippen molar-refractivity contribution in [3.63, 3.8) is 0 Å². The summed E-state index contributed by atoms with van der Waals surface area (Å²) in [6.07, 6.45) is 3.24. The van der Waals surface area contributed by atoms with Crippen LogP contribution in [0.3, 0.4) is 0 Å². The Labute approximate surface area is 137 Å². The monoisotopic (exact) mass is 379 g/mol. The molecule has 2 nitrogen and oxygen atoms in total. The van der Waals surface area contributed by atoms with Gasteiger partial charge in [0.05, 0.1) is 0 Å². The molecule has 0 saturated heterocycles. The highest BCUT2D eigenvalue weighted by molar-refractivity contribution is 9.10. The highest BCUT2D eigenvalue weighted by atomic mass is 79.9. The van der Waals surface area contributed by atoms with Crippen LogP contribution >= 0.6 is 15.9 Å². The minimum absolute atomic E-state index is 0.125. The van der Waals surface area contributed by atoms with E-state index in [2.05, 4.69) is 15.9 Å². The summed E-state index contributed by atoms with van der Waals surface area (Å²) < 4.78 is 37.2. The number of carbonyl (C=O) groups is 1. The van der Waals surface area contributed by atoms with Crippen LogP contribution in [0.5, 0.6) is 0 Å². The molecule has 6 heteroatoms. The molecule has 1 fully saturated rings. The standard InChI is InChI=1S/C16H21BrF3NO/c1-2-21(10-12-5-3-4-6-12)14-7-8-15(17,16(18,19)20)9-13(14)11-22/h7,9,11-12H,2-6,8,10H2,1H3. The summed E-state index contributed by atoms with van der Waals surface area (Å²) in [4.78, 5) is 13.4. The molecule has 1 atom stereocenters. The summed E-state index contributed by atoms with van der Waals surface area (Å²) in [5, 5.41) is 0. The molecular weight excluding hydrogens is 359 g/mol. The summed E-state index contributed by atoms with van der Waals surface area (Å²) in [7, 11) is 0. The van der Waals surface area contributed by atoms with E-state index in [1.54, 1.807) is 6.08 Å². The third-order valence-corrected chi connectivity index (χ3v) is 5.55. The Bertz CT molecular complexity index is 480. The second-order valence-electron chi connectivity index (χ2n) is 6.06. The number of halogens is 4. The molecule has 0 aromatic carbocycles. The molecule has 0 heterocycles. The molecule has 0 radical (unpaired) electrons. The Morgan fingerprint density at radius 1 is 1.41 bits per heavy atom. The number of nitrogens with zero attached hydrogens (tertiary/aromatic N) is 1. The quantitative estimate of drug-likeness (QED) is 0.513. The number of carbonyl (C=O) groups excluding carboxylic acids is 1. The van der Waals surface area contributed by atoms with Crippen LogP contribution in [0.4, 0.5) is 13.2 Å². The number of hydrogen-bond acceptors (Lipinski definition) is 2. The Morgan fingerprint density at radius 3 is 2.55 bits per heavy atom. The average molecular weight is 380 g/mol. The first-order chi connectivity index (χ1) is 10.3. The van der Waals surface area contributed by atoms with E-state index in [-0.39, 0.29) is 12.0 Å². The van der Waals surface area contributed by atoms with Crippen molar-refractivity contribution in [3.8, 4) is 0 Å². The summed E-state index contributed by atoms with van der Waals surface area (Å²) in [6.45, 7) is 3.47. The number of alkyl halides is 4. The van der Waals surface area contributed by atoms with E-state index in [4.69, 9.17) is 0 Å². The Kier molecular flexibility index (Phi) is 5.41. The maximum absolute atomic E-state index is 13.1. The third-order valence-electron chi connectivity index (χ3n) is 4.55. The van der Waals surface area contributed by atoms with Gasteiger partial charge in [0.2, 0.25) is 0 Å². The van der Waals surface area contributed by atoms with E-state index in [9.17, 15) is 18.0 Å².